The molecular formula is C23H17NO3. The Hall–Kier alpha value is -3.40. The molecule has 132 valence electrons. The van der Waals surface area contributed by atoms with Crippen LogP contribution in [0.5, 0.6) is 5.75 Å². The minimum Gasteiger partial charge on any atom is -0.424 e. The Morgan fingerprint density at radius 1 is 0.963 bits per heavy atom. The van der Waals surface area contributed by atoms with Crippen molar-refractivity contribution in [2.45, 2.75) is 19.3 Å². The van der Waals surface area contributed by atoms with Crippen molar-refractivity contribution in [3.05, 3.63) is 78.0 Å². The number of aromatic nitrogens is 1. The lowest BCUT2D eigenvalue weighted by atomic mass is 9.87. The monoisotopic (exact) mass is 355 g/mol. The zero-order valence-electron chi connectivity index (χ0n) is 14.8. The van der Waals surface area contributed by atoms with Crippen LogP contribution in [0.1, 0.15) is 35.3 Å². The lowest BCUT2D eigenvalue weighted by Crippen LogP contribution is -2.24. The van der Waals surface area contributed by atoms with Crippen molar-refractivity contribution in [3.63, 3.8) is 0 Å². The van der Waals surface area contributed by atoms with Gasteiger partial charge in [-0.25, -0.2) is 0 Å². The highest BCUT2D eigenvalue weighted by atomic mass is 16.5. The Morgan fingerprint density at radius 3 is 2.48 bits per heavy atom. The van der Waals surface area contributed by atoms with Gasteiger partial charge in [0.05, 0.1) is 17.6 Å². The number of para-hydroxylation sites is 1. The van der Waals surface area contributed by atoms with E-state index < -0.39 is 0 Å². The van der Waals surface area contributed by atoms with E-state index in [4.69, 9.17) is 4.74 Å². The minimum absolute atomic E-state index is 0.0874. The molecule has 4 heteroatoms. The van der Waals surface area contributed by atoms with E-state index in [1.807, 2.05) is 48.5 Å². The standard InChI is InChI=1S/C23H17NO3/c1-14(25)24-20-12-5-4-10-18(20)23-22(24)19(13-21(26)27-23)17-11-6-8-15-7-2-3-9-16(15)17/h2-12,19H,13H2,1H3. The number of esters is 1. The van der Waals surface area contributed by atoms with Crippen LogP contribution in [0.25, 0.3) is 21.7 Å². The maximum Gasteiger partial charge on any atom is 0.312 e. The van der Waals surface area contributed by atoms with Gasteiger partial charge in [-0.2, -0.15) is 0 Å². The second-order valence-corrected chi connectivity index (χ2v) is 6.89. The van der Waals surface area contributed by atoms with Crippen LogP contribution in [-0.4, -0.2) is 16.4 Å². The maximum atomic E-state index is 12.5. The van der Waals surface area contributed by atoms with E-state index in [2.05, 4.69) is 18.2 Å². The largest absolute Gasteiger partial charge is 0.424 e. The van der Waals surface area contributed by atoms with Gasteiger partial charge in [0.1, 0.15) is 0 Å². The molecule has 0 saturated heterocycles. The topological polar surface area (TPSA) is 48.3 Å². The number of carbonyl (C=O) groups is 2. The summed E-state index contributed by atoms with van der Waals surface area (Å²) in [5, 5.41) is 2.99. The average molecular weight is 355 g/mol. The summed E-state index contributed by atoms with van der Waals surface area (Å²) in [6, 6.07) is 21.8. The van der Waals surface area contributed by atoms with E-state index in [1.165, 1.54) is 0 Å². The lowest BCUT2D eigenvalue weighted by Gasteiger charge is -2.25. The van der Waals surface area contributed by atoms with Crippen LogP contribution < -0.4 is 4.74 Å². The molecule has 3 aromatic carbocycles. The van der Waals surface area contributed by atoms with Gasteiger partial charge in [0.2, 0.25) is 5.91 Å². The first-order chi connectivity index (χ1) is 13.1. The van der Waals surface area contributed by atoms with Crippen LogP contribution >= 0.6 is 0 Å². The lowest BCUT2D eigenvalue weighted by molar-refractivity contribution is -0.135. The molecule has 0 amide bonds. The highest BCUT2D eigenvalue weighted by Gasteiger charge is 2.36. The summed E-state index contributed by atoms with van der Waals surface area (Å²) in [7, 11) is 0. The van der Waals surface area contributed by atoms with Crippen LogP contribution in [0.4, 0.5) is 0 Å². The number of fused-ring (bicyclic) bond motifs is 4. The number of benzene rings is 3. The fraction of sp³-hybridized carbons (Fsp3) is 0.130. The van der Waals surface area contributed by atoms with E-state index in [9.17, 15) is 9.59 Å². The van der Waals surface area contributed by atoms with Crippen molar-refractivity contribution >= 4 is 33.6 Å². The van der Waals surface area contributed by atoms with E-state index in [0.717, 1.165) is 32.9 Å². The van der Waals surface area contributed by atoms with Crippen molar-refractivity contribution in [1.29, 1.82) is 0 Å². The number of rotatable bonds is 1. The highest BCUT2D eigenvalue weighted by Crippen LogP contribution is 2.46. The third-order valence-corrected chi connectivity index (χ3v) is 5.29. The summed E-state index contributed by atoms with van der Waals surface area (Å²) < 4.78 is 7.33. The number of ether oxygens (including phenoxy) is 1. The SMILES string of the molecule is CC(=O)n1c2c(c3ccccc31)OC(=O)CC2c1cccc2ccccc12. The van der Waals surface area contributed by atoms with Gasteiger partial charge < -0.3 is 4.74 Å². The summed E-state index contributed by atoms with van der Waals surface area (Å²) in [6.07, 6.45) is 0.213. The van der Waals surface area contributed by atoms with E-state index in [-0.39, 0.29) is 24.2 Å². The average Bonchev–Trinajstić information content (AvgIpc) is 3.01. The van der Waals surface area contributed by atoms with E-state index in [1.54, 1.807) is 11.5 Å². The van der Waals surface area contributed by atoms with Gasteiger partial charge in [0.25, 0.3) is 0 Å². The number of hydrogen-bond acceptors (Lipinski definition) is 3. The third-order valence-electron chi connectivity index (χ3n) is 5.29. The number of nitrogens with zero attached hydrogens (tertiary/aromatic N) is 1. The Morgan fingerprint density at radius 2 is 1.67 bits per heavy atom. The zero-order valence-corrected chi connectivity index (χ0v) is 14.8. The van der Waals surface area contributed by atoms with Crippen LogP contribution in [-0.2, 0) is 4.79 Å². The molecule has 27 heavy (non-hydrogen) atoms. The summed E-state index contributed by atoms with van der Waals surface area (Å²) in [6.45, 7) is 1.54. The summed E-state index contributed by atoms with van der Waals surface area (Å²) in [5.41, 5.74) is 2.57. The molecule has 0 aliphatic carbocycles. The first-order valence-corrected chi connectivity index (χ1v) is 8.98. The molecule has 0 fully saturated rings. The first-order valence-electron chi connectivity index (χ1n) is 8.98. The van der Waals surface area contributed by atoms with Crippen molar-refractivity contribution in [1.82, 2.24) is 4.57 Å². The second kappa shape index (κ2) is 5.81. The number of carbonyl (C=O) groups excluding carboxylic acids is 2. The molecule has 1 unspecified atom stereocenters. The molecule has 1 aromatic heterocycles. The molecule has 5 rings (SSSR count). The molecule has 1 aliphatic rings. The summed E-state index contributed by atoms with van der Waals surface area (Å²) >= 11 is 0. The molecule has 0 radical (unpaired) electrons. The van der Waals surface area contributed by atoms with Gasteiger partial charge in [-0.3, -0.25) is 14.2 Å². The van der Waals surface area contributed by atoms with Crippen molar-refractivity contribution < 1.29 is 14.3 Å². The van der Waals surface area contributed by atoms with Crippen molar-refractivity contribution in [2.75, 3.05) is 0 Å². The van der Waals surface area contributed by atoms with Crippen LogP contribution in [0.2, 0.25) is 0 Å². The zero-order chi connectivity index (χ0) is 18.5. The fourth-order valence-electron chi connectivity index (χ4n) is 4.22. The smallest absolute Gasteiger partial charge is 0.312 e. The first kappa shape index (κ1) is 15.8. The van der Waals surface area contributed by atoms with Crippen molar-refractivity contribution in [3.8, 4) is 5.75 Å². The molecule has 2 heterocycles. The Bertz CT molecular complexity index is 1230. The van der Waals surface area contributed by atoms with Crippen molar-refractivity contribution in [2.24, 2.45) is 0 Å². The number of hydrogen-bond donors (Lipinski definition) is 0. The van der Waals surface area contributed by atoms with Crippen LogP contribution in [0, 0.1) is 0 Å². The van der Waals surface area contributed by atoms with Gasteiger partial charge in [0.15, 0.2) is 5.75 Å². The molecule has 4 aromatic rings. The van der Waals surface area contributed by atoms with Crippen LogP contribution in [0.3, 0.4) is 0 Å². The molecule has 1 aliphatic heterocycles. The van der Waals surface area contributed by atoms with E-state index in [0.29, 0.717) is 5.75 Å². The minimum atomic E-state index is -0.271. The van der Waals surface area contributed by atoms with Crippen LogP contribution in [0.15, 0.2) is 66.7 Å². The van der Waals surface area contributed by atoms with Gasteiger partial charge in [-0.05, 0) is 28.5 Å². The Labute approximate surface area is 156 Å². The quantitative estimate of drug-likeness (QED) is 0.457. The summed E-state index contributed by atoms with van der Waals surface area (Å²) in [4.78, 5) is 25.0. The predicted molar refractivity (Wildman–Crippen MR) is 104 cm³/mol. The third kappa shape index (κ3) is 2.30. The Balaban J connectivity index is 1.87. The van der Waals surface area contributed by atoms with Gasteiger partial charge in [-0.1, -0.05) is 54.6 Å². The van der Waals surface area contributed by atoms with E-state index >= 15 is 0 Å². The maximum absolute atomic E-state index is 12.5. The highest BCUT2D eigenvalue weighted by molar-refractivity contribution is 6.00. The molecule has 0 spiro atoms. The predicted octanol–water partition coefficient (Wildman–Crippen LogP) is 4.90. The van der Waals surface area contributed by atoms with Gasteiger partial charge in [-0.15, -0.1) is 0 Å². The Kier molecular flexibility index (Phi) is 3.41. The normalized spacial score (nSPS) is 16.3. The molecule has 0 N–H and O–H groups in total. The summed E-state index contributed by atoms with van der Waals surface area (Å²) in [5.74, 6) is -0.0823. The molecular weight excluding hydrogens is 338 g/mol. The van der Waals surface area contributed by atoms with Gasteiger partial charge in [0, 0.05) is 18.2 Å². The molecule has 0 saturated carbocycles. The molecule has 1 atom stereocenters. The molecule has 4 nitrogen and oxygen atoms in total. The molecule has 0 bridgehead atoms. The second-order valence-electron chi connectivity index (χ2n) is 6.89. The fourth-order valence-corrected chi connectivity index (χ4v) is 4.22. The van der Waals surface area contributed by atoms with Gasteiger partial charge >= 0.3 is 5.97 Å².